The SMILES string of the molecule is COc1ccc(-c2cc(=O)c3c(O)cc(OC4O[C@H](C)[C@H](O)[C@H](O)[C@H]4O)cc3o2)cc1. The number of benzene rings is 2. The van der Waals surface area contributed by atoms with Crippen LogP contribution < -0.4 is 14.9 Å². The van der Waals surface area contributed by atoms with Gasteiger partial charge in [0.05, 0.1) is 13.2 Å². The fourth-order valence-corrected chi connectivity index (χ4v) is 3.45. The first-order valence-corrected chi connectivity index (χ1v) is 9.60. The molecule has 3 aromatic rings. The lowest BCUT2D eigenvalue weighted by Crippen LogP contribution is -2.58. The van der Waals surface area contributed by atoms with E-state index in [9.17, 15) is 25.2 Å². The van der Waals surface area contributed by atoms with Gasteiger partial charge in [0.2, 0.25) is 6.29 Å². The topological polar surface area (TPSA) is 139 Å². The van der Waals surface area contributed by atoms with Crippen LogP contribution in [0.25, 0.3) is 22.3 Å². The van der Waals surface area contributed by atoms with Gasteiger partial charge in [0.15, 0.2) is 5.43 Å². The number of aromatic hydroxyl groups is 1. The lowest BCUT2D eigenvalue weighted by atomic mass is 10.00. The summed E-state index contributed by atoms with van der Waals surface area (Å²) < 4.78 is 21.9. The number of phenols is 1. The minimum absolute atomic E-state index is 0.0291. The first kappa shape index (κ1) is 21.1. The van der Waals surface area contributed by atoms with Crippen LogP contribution in [0.15, 0.2) is 51.7 Å². The molecule has 1 aliphatic heterocycles. The Hall–Kier alpha value is -3.11. The van der Waals surface area contributed by atoms with Gasteiger partial charge in [-0.3, -0.25) is 4.79 Å². The van der Waals surface area contributed by atoms with Crippen LogP contribution in [-0.4, -0.2) is 58.2 Å². The molecular weight excluding hydrogens is 408 g/mol. The molecule has 0 saturated carbocycles. The minimum atomic E-state index is -1.53. The number of phenolic OH excluding ortho intramolecular Hbond substituents is 1. The summed E-state index contributed by atoms with van der Waals surface area (Å²) >= 11 is 0. The van der Waals surface area contributed by atoms with E-state index in [4.69, 9.17) is 18.6 Å². The zero-order valence-electron chi connectivity index (χ0n) is 16.8. The molecule has 0 bridgehead atoms. The van der Waals surface area contributed by atoms with Crippen molar-refractivity contribution in [2.24, 2.45) is 0 Å². The highest BCUT2D eigenvalue weighted by Gasteiger charge is 2.43. The number of aliphatic hydroxyl groups excluding tert-OH is 3. The number of hydrogen-bond acceptors (Lipinski definition) is 9. The van der Waals surface area contributed by atoms with E-state index in [0.717, 1.165) is 0 Å². The summed E-state index contributed by atoms with van der Waals surface area (Å²) in [5.74, 6) is 0.590. The second-order valence-electron chi connectivity index (χ2n) is 7.32. The maximum atomic E-state index is 12.6. The standard InChI is InChI=1S/C22H22O9/c1-10-19(25)20(26)21(27)22(29-10)30-13-7-14(23)18-15(24)9-16(31-17(18)8-13)11-3-5-12(28-2)6-4-11/h3-10,19-23,25-27H,1-2H3/t10-,19+,20+,21-,22?/m1/s1. The number of methoxy groups -OCH3 is 1. The minimum Gasteiger partial charge on any atom is -0.507 e. The molecule has 31 heavy (non-hydrogen) atoms. The molecule has 0 radical (unpaired) electrons. The molecule has 4 N–H and O–H groups in total. The first-order chi connectivity index (χ1) is 14.8. The molecule has 9 heteroatoms. The summed E-state index contributed by atoms with van der Waals surface area (Å²) in [5, 5.41) is 40.2. The molecule has 1 aromatic heterocycles. The number of fused-ring (bicyclic) bond motifs is 1. The van der Waals surface area contributed by atoms with Crippen LogP contribution in [0.1, 0.15) is 6.92 Å². The number of rotatable bonds is 4. The largest absolute Gasteiger partial charge is 0.507 e. The molecule has 1 fully saturated rings. The molecule has 2 aromatic carbocycles. The summed E-state index contributed by atoms with van der Waals surface area (Å²) in [7, 11) is 1.54. The Balaban J connectivity index is 1.70. The Kier molecular flexibility index (Phi) is 5.59. The van der Waals surface area contributed by atoms with Gasteiger partial charge in [-0.15, -0.1) is 0 Å². The van der Waals surface area contributed by atoms with Crippen molar-refractivity contribution in [3.63, 3.8) is 0 Å². The first-order valence-electron chi connectivity index (χ1n) is 9.60. The monoisotopic (exact) mass is 430 g/mol. The van der Waals surface area contributed by atoms with Crippen molar-refractivity contribution < 1.29 is 39.1 Å². The summed E-state index contributed by atoms with van der Waals surface area (Å²) in [6.45, 7) is 1.52. The van der Waals surface area contributed by atoms with Crippen molar-refractivity contribution in [2.75, 3.05) is 7.11 Å². The second kappa shape index (κ2) is 8.20. The van der Waals surface area contributed by atoms with Crippen LogP contribution in [0.2, 0.25) is 0 Å². The van der Waals surface area contributed by atoms with E-state index in [1.54, 1.807) is 31.4 Å². The molecule has 1 saturated heterocycles. The van der Waals surface area contributed by atoms with E-state index in [1.807, 2.05) is 0 Å². The van der Waals surface area contributed by atoms with Crippen molar-refractivity contribution >= 4 is 11.0 Å². The van der Waals surface area contributed by atoms with Gasteiger partial charge >= 0.3 is 0 Å². The lowest BCUT2D eigenvalue weighted by molar-refractivity contribution is -0.268. The molecule has 2 heterocycles. The molecule has 0 aliphatic carbocycles. The van der Waals surface area contributed by atoms with Crippen LogP contribution in [0.5, 0.6) is 17.2 Å². The Morgan fingerprint density at radius 3 is 2.32 bits per heavy atom. The number of ether oxygens (including phenoxy) is 3. The maximum absolute atomic E-state index is 12.6. The molecule has 0 spiro atoms. The van der Waals surface area contributed by atoms with Crippen molar-refractivity contribution in [2.45, 2.75) is 37.6 Å². The molecule has 4 rings (SSSR count). The van der Waals surface area contributed by atoms with E-state index in [1.165, 1.54) is 25.1 Å². The Morgan fingerprint density at radius 2 is 1.65 bits per heavy atom. The molecule has 164 valence electrons. The fourth-order valence-electron chi connectivity index (χ4n) is 3.45. The third kappa shape index (κ3) is 3.96. The van der Waals surface area contributed by atoms with Gasteiger partial charge < -0.3 is 39.1 Å². The van der Waals surface area contributed by atoms with Crippen molar-refractivity contribution in [3.8, 4) is 28.6 Å². The Bertz CT molecular complexity index is 1140. The van der Waals surface area contributed by atoms with Crippen molar-refractivity contribution in [1.82, 2.24) is 0 Å². The van der Waals surface area contributed by atoms with Crippen molar-refractivity contribution in [1.29, 1.82) is 0 Å². The summed E-state index contributed by atoms with van der Waals surface area (Å²) in [4.78, 5) is 12.6. The third-order valence-electron chi connectivity index (χ3n) is 5.22. The second-order valence-corrected chi connectivity index (χ2v) is 7.32. The highest BCUT2D eigenvalue weighted by molar-refractivity contribution is 5.86. The highest BCUT2D eigenvalue weighted by Crippen LogP contribution is 2.33. The molecule has 9 nitrogen and oxygen atoms in total. The number of aliphatic hydroxyl groups is 3. The van der Waals surface area contributed by atoms with Crippen LogP contribution in [0.4, 0.5) is 0 Å². The van der Waals surface area contributed by atoms with Gasteiger partial charge in [-0.05, 0) is 31.2 Å². The quantitative estimate of drug-likeness (QED) is 0.483. The molecular formula is C22H22O9. The predicted octanol–water partition coefficient (Wildman–Crippen LogP) is 1.38. The molecule has 1 unspecified atom stereocenters. The average Bonchev–Trinajstić information content (AvgIpc) is 2.75. The normalized spacial score (nSPS) is 26.0. The van der Waals surface area contributed by atoms with Crippen LogP contribution in [-0.2, 0) is 4.74 Å². The zero-order chi connectivity index (χ0) is 22.3. The van der Waals surface area contributed by atoms with Gasteiger partial charge in [0, 0.05) is 23.8 Å². The number of hydrogen-bond donors (Lipinski definition) is 4. The van der Waals surface area contributed by atoms with Crippen molar-refractivity contribution in [3.05, 3.63) is 52.7 Å². The van der Waals surface area contributed by atoms with Crippen LogP contribution in [0.3, 0.4) is 0 Å². The predicted molar refractivity (Wildman–Crippen MR) is 109 cm³/mol. The van der Waals surface area contributed by atoms with Gasteiger partial charge in [-0.2, -0.15) is 0 Å². The fraction of sp³-hybridized carbons (Fsp3) is 0.318. The molecule has 0 amide bonds. The van der Waals surface area contributed by atoms with Crippen LogP contribution in [0, 0.1) is 0 Å². The van der Waals surface area contributed by atoms with Gasteiger partial charge in [0.25, 0.3) is 0 Å². The smallest absolute Gasteiger partial charge is 0.229 e. The van der Waals surface area contributed by atoms with Gasteiger partial charge in [-0.1, -0.05) is 0 Å². The van der Waals surface area contributed by atoms with E-state index in [0.29, 0.717) is 11.3 Å². The van der Waals surface area contributed by atoms with E-state index in [-0.39, 0.29) is 28.2 Å². The summed E-state index contributed by atoms with van der Waals surface area (Å²) in [6.07, 6.45) is -6.37. The zero-order valence-corrected chi connectivity index (χ0v) is 16.8. The lowest BCUT2D eigenvalue weighted by Gasteiger charge is -2.38. The summed E-state index contributed by atoms with van der Waals surface area (Å²) in [6, 6.07) is 10.7. The highest BCUT2D eigenvalue weighted by atomic mass is 16.7. The van der Waals surface area contributed by atoms with E-state index in [2.05, 4.69) is 0 Å². The molecule has 1 aliphatic rings. The van der Waals surface area contributed by atoms with E-state index >= 15 is 0 Å². The Labute approximate surface area is 176 Å². The Morgan fingerprint density at radius 1 is 0.935 bits per heavy atom. The third-order valence-corrected chi connectivity index (χ3v) is 5.22. The summed E-state index contributed by atoms with van der Waals surface area (Å²) in [5.41, 5.74) is 0.243. The van der Waals surface area contributed by atoms with Gasteiger partial charge in [0.1, 0.15) is 52.3 Å². The van der Waals surface area contributed by atoms with E-state index < -0.39 is 36.1 Å². The van der Waals surface area contributed by atoms with Crippen LogP contribution >= 0.6 is 0 Å². The molecule has 5 atom stereocenters. The average molecular weight is 430 g/mol. The van der Waals surface area contributed by atoms with Gasteiger partial charge in [-0.25, -0.2) is 0 Å². The maximum Gasteiger partial charge on any atom is 0.229 e.